The third kappa shape index (κ3) is 2.48. The lowest BCUT2D eigenvalue weighted by molar-refractivity contribution is -0.158. The maximum absolute atomic E-state index is 11.8. The largest absolute Gasteiger partial charge is 0.330 e. The molecule has 5 nitrogen and oxygen atoms in total. The fourth-order valence-electron chi connectivity index (χ4n) is 2.06. The van der Waals surface area contributed by atoms with Crippen molar-refractivity contribution in [3.05, 3.63) is 0 Å². The van der Waals surface area contributed by atoms with Crippen LogP contribution in [0.1, 0.15) is 26.7 Å². The number of Topliss-reactive ketones (excluding diaryl/α,β-unsaturated/α-hetero) is 1. The lowest BCUT2D eigenvalue weighted by Gasteiger charge is -2.35. The third-order valence-corrected chi connectivity index (χ3v) is 3.34. The Morgan fingerprint density at radius 2 is 1.88 bits per heavy atom. The van der Waals surface area contributed by atoms with Crippen LogP contribution in [0.25, 0.3) is 0 Å². The van der Waals surface area contributed by atoms with E-state index in [2.05, 4.69) is 0 Å². The second kappa shape index (κ2) is 4.47. The van der Waals surface area contributed by atoms with Crippen LogP contribution in [0, 0.1) is 5.92 Å². The van der Waals surface area contributed by atoms with E-state index >= 15 is 0 Å². The third-order valence-electron chi connectivity index (χ3n) is 3.34. The molecule has 1 saturated carbocycles. The zero-order valence-corrected chi connectivity index (χ0v) is 10.3. The molecule has 1 heterocycles. The topological polar surface area (TPSA) is 57.7 Å². The molecule has 2 fully saturated rings. The average Bonchev–Trinajstić information content (AvgIpc) is 3.08. The molecule has 94 valence electrons. The molecule has 0 N–H and O–H groups in total. The van der Waals surface area contributed by atoms with Crippen molar-refractivity contribution in [3.8, 4) is 0 Å². The molecule has 0 aromatic rings. The summed E-state index contributed by atoms with van der Waals surface area (Å²) in [5, 5.41) is 0. The van der Waals surface area contributed by atoms with Gasteiger partial charge in [-0.2, -0.15) is 0 Å². The van der Waals surface area contributed by atoms with Crippen molar-refractivity contribution in [2.45, 2.75) is 32.7 Å². The van der Waals surface area contributed by atoms with Crippen LogP contribution in [0.4, 0.5) is 0 Å². The quantitative estimate of drug-likeness (QED) is 0.650. The highest BCUT2D eigenvalue weighted by Crippen LogP contribution is 2.30. The summed E-state index contributed by atoms with van der Waals surface area (Å²) in [5.74, 6) is -0.765. The summed E-state index contributed by atoms with van der Waals surface area (Å²) >= 11 is 0. The second-order valence-corrected chi connectivity index (χ2v) is 5.06. The minimum absolute atomic E-state index is 0.0349. The van der Waals surface area contributed by atoms with Crippen molar-refractivity contribution in [2.24, 2.45) is 5.92 Å². The van der Waals surface area contributed by atoms with E-state index < -0.39 is 11.8 Å². The van der Waals surface area contributed by atoms with Crippen molar-refractivity contribution in [3.63, 3.8) is 0 Å². The van der Waals surface area contributed by atoms with Gasteiger partial charge in [0.2, 0.25) is 0 Å². The molecule has 0 radical (unpaired) electrons. The zero-order chi connectivity index (χ0) is 12.6. The van der Waals surface area contributed by atoms with Crippen molar-refractivity contribution in [1.29, 1.82) is 0 Å². The minimum Gasteiger partial charge on any atom is -0.330 e. The van der Waals surface area contributed by atoms with Crippen molar-refractivity contribution in [2.75, 3.05) is 19.6 Å². The second-order valence-electron chi connectivity index (χ2n) is 5.06. The highest BCUT2D eigenvalue weighted by molar-refractivity contribution is 6.35. The summed E-state index contributed by atoms with van der Waals surface area (Å²) in [6, 6.07) is 0.0349. The smallest absolute Gasteiger partial charge is 0.312 e. The van der Waals surface area contributed by atoms with Gasteiger partial charge in [-0.25, -0.2) is 0 Å². The molecule has 0 spiro atoms. The first-order chi connectivity index (χ1) is 8.00. The van der Waals surface area contributed by atoms with E-state index in [0.29, 0.717) is 13.1 Å². The van der Waals surface area contributed by atoms with Crippen LogP contribution in [0.5, 0.6) is 0 Å². The van der Waals surface area contributed by atoms with Gasteiger partial charge >= 0.3 is 11.8 Å². The predicted octanol–water partition coefficient (Wildman–Crippen LogP) is 0.0447. The molecule has 2 rings (SSSR count). The summed E-state index contributed by atoms with van der Waals surface area (Å²) in [6.07, 6.45) is 1.87. The molecule has 2 aliphatic rings. The number of rotatable bonds is 4. The lowest BCUT2D eigenvalue weighted by atomic mass is 10.2. The molecule has 0 unspecified atom stereocenters. The molecule has 0 atom stereocenters. The predicted molar refractivity (Wildman–Crippen MR) is 61.2 cm³/mol. The number of amides is 2. The molecular formula is C12H18N2O3. The standard InChI is InChI=1S/C12H18N2O3/c1-8(2)14-6-5-13(11(16)12(14)17)7-10(15)9-3-4-9/h8-9H,3-7H2,1-2H3. The van der Waals surface area contributed by atoms with Crippen LogP contribution >= 0.6 is 0 Å². The molecule has 0 aromatic carbocycles. The number of carbonyl (C=O) groups excluding carboxylic acids is 3. The Labute approximate surface area is 101 Å². The maximum Gasteiger partial charge on any atom is 0.312 e. The van der Waals surface area contributed by atoms with E-state index in [4.69, 9.17) is 0 Å². The van der Waals surface area contributed by atoms with Crippen LogP contribution in [-0.4, -0.2) is 53.1 Å². The fraction of sp³-hybridized carbons (Fsp3) is 0.750. The first-order valence-corrected chi connectivity index (χ1v) is 6.13. The van der Waals surface area contributed by atoms with Crippen molar-refractivity contribution in [1.82, 2.24) is 9.80 Å². The van der Waals surface area contributed by atoms with Crippen molar-refractivity contribution >= 4 is 17.6 Å². The maximum atomic E-state index is 11.8. The summed E-state index contributed by atoms with van der Waals surface area (Å²) in [6.45, 7) is 4.88. The fourth-order valence-corrected chi connectivity index (χ4v) is 2.06. The first kappa shape index (κ1) is 12.1. The van der Waals surface area contributed by atoms with Gasteiger partial charge in [-0.15, -0.1) is 0 Å². The van der Waals surface area contributed by atoms with Crippen LogP contribution in [0.15, 0.2) is 0 Å². The summed E-state index contributed by atoms with van der Waals surface area (Å²) < 4.78 is 0. The number of hydrogen-bond donors (Lipinski definition) is 0. The monoisotopic (exact) mass is 238 g/mol. The van der Waals surface area contributed by atoms with Gasteiger partial charge in [-0.1, -0.05) is 0 Å². The normalized spacial score (nSPS) is 21.4. The Hall–Kier alpha value is -1.39. The highest BCUT2D eigenvalue weighted by Gasteiger charge is 2.37. The number of ketones is 1. The molecule has 0 bridgehead atoms. The summed E-state index contributed by atoms with van der Waals surface area (Å²) in [4.78, 5) is 38.1. The molecule has 17 heavy (non-hydrogen) atoms. The van der Waals surface area contributed by atoms with Gasteiger partial charge in [0.05, 0.1) is 6.54 Å². The van der Waals surface area contributed by atoms with Crippen LogP contribution in [0.2, 0.25) is 0 Å². The van der Waals surface area contributed by atoms with Gasteiger partial charge in [0.15, 0.2) is 5.78 Å². The van der Waals surface area contributed by atoms with Gasteiger partial charge in [-0.05, 0) is 26.7 Å². The Kier molecular flexibility index (Phi) is 3.17. The van der Waals surface area contributed by atoms with Crippen molar-refractivity contribution < 1.29 is 14.4 Å². The lowest BCUT2D eigenvalue weighted by Crippen LogP contribution is -2.57. The zero-order valence-electron chi connectivity index (χ0n) is 10.3. The van der Waals surface area contributed by atoms with Gasteiger partial charge in [-0.3, -0.25) is 14.4 Å². The molecule has 1 aliphatic carbocycles. The van der Waals surface area contributed by atoms with Gasteiger partial charge in [0, 0.05) is 25.0 Å². The Morgan fingerprint density at radius 3 is 2.41 bits per heavy atom. The average molecular weight is 238 g/mol. The highest BCUT2D eigenvalue weighted by atomic mass is 16.2. The van der Waals surface area contributed by atoms with Crippen LogP contribution in [-0.2, 0) is 14.4 Å². The Morgan fingerprint density at radius 1 is 1.24 bits per heavy atom. The minimum atomic E-state index is -0.529. The number of hydrogen-bond acceptors (Lipinski definition) is 3. The van der Waals surface area contributed by atoms with Gasteiger partial charge < -0.3 is 9.80 Å². The molecule has 1 aliphatic heterocycles. The molecule has 5 heteroatoms. The van der Waals surface area contributed by atoms with E-state index in [0.717, 1.165) is 12.8 Å². The number of piperazine rings is 1. The molecule has 1 saturated heterocycles. The van der Waals surface area contributed by atoms with Crippen LogP contribution in [0.3, 0.4) is 0 Å². The van der Waals surface area contributed by atoms with E-state index in [1.165, 1.54) is 4.90 Å². The molecule has 0 aromatic heterocycles. The van der Waals surface area contributed by atoms with Gasteiger partial charge in [0.25, 0.3) is 0 Å². The number of carbonyl (C=O) groups is 3. The van der Waals surface area contributed by atoms with E-state index in [9.17, 15) is 14.4 Å². The molecule has 2 amide bonds. The summed E-state index contributed by atoms with van der Waals surface area (Å²) in [5.41, 5.74) is 0. The Bertz CT molecular complexity index is 361. The van der Waals surface area contributed by atoms with Crippen LogP contribution < -0.4 is 0 Å². The SMILES string of the molecule is CC(C)N1CCN(CC(=O)C2CC2)C(=O)C1=O. The van der Waals surface area contributed by atoms with E-state index in [1.54, 1.807) is 4.90 Å². The van der Waals surface area contributed by atoms with E-state index in [1.807, 2.05) is 13.8 Å². The summed E-state index contributed by atoms with van der Waals surface area (Å²) in [7, 11) is 0. The van der Waals surface area contributed by atoms with Gasteiger partial charge in [0.1, 0.15) is 0 Å². The Balaban J connectivity index is 1.95. The molecular weight excluding hydrogens is 220 g/mol. The first-order valence-electron chi connectivity index (χ1n) is 6.13. The number of nitrogens with zero attached hydrogens (tertiary/aromatic N) is 2. The van der Waals surface area contributed by atoms with E-state index in [-0.39, 0.29) is 24.3 Å².